The van der Waals surface area contributed by atoms with Gasteiger partial charge in [-0.1, -0.05) is 41.1 Å². The van der Waals surface area contributed by atoms with E-state index in [1.165, 1.54) is 4.90 Å². The number of benzene rings is 1. The maximum atomic E-state index is 12.2. The Balaban J connectivity index is 2.04. The van der Waals surface area contributed by atoms with E-state index in [4.69, 9.17) is 0 Å². The molecule has 1 aromatic carbocycles. The molecule has 1 aliphatic heterocycles. The van der Waals surface area contributed by atoms with Crippen molar-refractivity contribution in [3.05, 3.63) is 34.3 Å². The van der Waals surface area contributed by atoms with Crippen molar-refractivity contribution >= 4 is 33.5 Å². The molecule has 112 valence electrons. The third-order valence-corrected chi connectivity index (χ3v) is 4.09. The molecule has 0 aromatic heterocycles. The third kappa shape index (κ3) is 3.50. The minimum Gasteiger partial charge on any atom is -0.333 e. The van der Waals surface area contributed by atoms with Gasteiger partial charge in [0.15, 0.2) is 5.78 Å². The molecular weight excluding hydrogens is 336 g/mol. The number of nitrogens with zero attached hydrogens (tertiary/aromatic N) is 2. The van der Waals surface area contributed by atoms with E-state index in [2.05, 4.69) is 15.9 Å². The molecule has 1 aliphatic rings. The summed E-state index contributed by atoms with van der Waals surface area (Å²) in [6.07, 6.45) is 0.814. The quantitative estimate of drug-likeness (QED) is 0.598. The molecule has 1 aromatic rings. The van der Waals surface area contributed by atoms with Crippen molar-refractivity contribution in [2.75, 3.05) is 26.2 Å². The SMILES string of the molecule is CCCN1CCN(CC(=O)c2ccccc2Br)C(=O)C1=O. The van der Waals surface area contributed by atoms with E-state index in [0.717, 1.165) is 6.42 Å². The molecule has 0 radical (unpaired) electrons. The second-order valence-electron chi connectivity index (χ2n) is 4.92. The van der Waals surface area contributed by atoms with Crippen molar-refractivity contribution in [1.29, 1.82) is 0 Å². The van der Waals surface area contributed by atoms with Crippen LogP contribution in [0.4, 0.5) is 0 Å². The van der Waals surface area contributed by atoms with Crippen LogP contribution in [0.5, 0.6) is 0 Å². The molecule has 21 heavy (non-hydrogen) atoms. The number of carbonyl (C=O) groups is 3. The van der Waals surface area contributed by atoms with E-state index in [1.807, 2.05) is 13.0 Å². The van der Waals surface area contributed by atoms with Crippen LogP contribution in [0.3, 0.4) is 0 Å². The average Bonchev–Trinajstić information content (AvgIpc) is 2.47. The highest BCUT2D eigenvalue weighted by molar-refractivity contribution is 9.10. The van der Waals surface area contributed by atoms with Crippen LogP contribution in [-0.2, 0) is 9.59 Å². The third-order valence-electron chi connectivity index (χ3n) is 3.40. The smallest absolute Gasteiger partial charge is 0.312 e. The van der Waals surface area contributed by atoms with Crippen molar-refractivity contribution in [1.82, 2.24) is 9.80 Å². The van der Waals surface area contributed by atoms with Crippen molar-refractivity contribution in [3.8, 4) is 0 Å². The lowest BCUT2D eigenvalue weighted by Crippen LogP contribution is -2.55. The van der Waals surface area contributed by atoms with E-state index < -0.39 is 11.8 Å². The summed E-state index contributed by atoms with van der Waals surface area (Å²) in [4.78, 5) is 39.1. The van der Waals surface area contributed by atoms with Gasteiger partial charge in [0, 0.05) is 29.7 Å². The second-order valence-corrected chi connectivity index (χ2v) is 5.78. The molecule has 2 rings (SSSR count). The summed E-state index contributed by atoms with van der Waals surface area (Å²) >= 11 is 3.32. The van der Waals surface area contributed by atoms with Crippen LogP contribution in [0, 0.1) is 0 Å². The molecule has 0 atom stereocenters. The Morgan fingerprint density at radius 2 is 1.76 bits per heavy atom. The number of carbonyl (C=O) groups excluding carboxylic acids is 3. The number of halogens is 1. The Morgan fingerprint density at radius 3 is 2.43 bits per heavy atom. The van der Waals surface area contributed by atoms with Gasteiger partial charge in [0.2, 0.25) is 0 Å². The van der Waals surface area contributed by atoms with Crippen LogP contribution in [-0.4, -0.2) is 53.6 Å². The van der Waals surface area contributed by atoms with Gasteiger partial charge < -0.3 is 9.80 Å². The first-order chi connectivity index (χ1) is 10.0. The zero-order valence-electron chi connectivity index (χ0n) is 11.8. The van der Waals surface area contributed by atoms with E-state index in [9.17, 15) is 14.4 Å². The average molecular weight is 353 g/mol. The molecule has 0 N–H and O–H groups in total. The lowest BCUT2D eigenvalue weighted by Gasteiger charge is -2.33. The number of rotatable bonds is 5. The molecule has 1 fully saturated rings. The summed E-state index contributed by atoms with van der Waals surface area (Å²) in [5, 5.41) is 0. The maximum Gasteiger partial charge on any atom is 0.312 e. The van der Waals surface area contributed by atoms with Gasteiger partial charge in [-0.2, -0.15) is 0 Å². The largest absolute Gasteiger partial charge is 0.333 e. The van der Waals surface area contributed by atoms with Gasteiger partial charge in [-0.3, -0.25) is 14.4 Å². The van der Waals surface area contributed by atoms with Crippen LogP contribution in [0.15, 0.2) is 28.7 Å². The van der Waals surface area contributed by atoms with Crippen LogP contribution < -0.4 is 0 Å². The minimum absolute atomic E-state index is 0.0623. The first-order valence-electron chi connectivity index (χ1n) is 6.90. The molecule has 1 heterocycles. The van der Waals surface area contributed by atoms with Gasteiger partial charge in [0.1, 0.15) is 0 Å². The monoisotopic (exact) mass is 352 g/mol. The van der Waals surface area contributed by atoms with Crippen molar-refractivity contribution in [3.63, 3.8) is 0 Å². The summed E-state index contributed by atoms with van der Waals surface area (Å²) in [7, 11) is 0. The molecule has 0 saturated carbocycles. The molecule has 0 unspecified atom stereocenters. The van der Waals surface area contributed by atoms with Crippen molar-refractivity contribution in [2.24, 2.45) is 0 Å². The number of hydrogen-bond donors (Lipinski definition) is 0. The maximum absolute atomic E-state index is 12.2. The first kappa shape index (κ1) is 15.7. The number of hydrogen-bond acceptors (Lipinski definition) is 3. The lowest BCUT2D eigenvalue weighted by molar-refractivity contribution is -0.155. The lowest BCUT2D eigenvalue weighted by atomic mass is 10.1. The van der Waals surface area contributed by atoms with Crippen molar-refractivity contribution < 1.29 is 14.4 Å². The molecular formula is C15H17BrN2O3. The predicted molar refractivity (Wildman–Crippen MR) is 81.9 cm³/mol. The van der Waals surface area contributed by atoms with Crippen LogP contribution in [0.2, 0.25) is 0 Å². The molecule has 6 heteroatoms. The van der Waals surface area contributed by atoms with Gasteiger partial charge in [0.05, 0.1) is 6.54 Å². The number of ketones is 1. The summed E-state index contributed by atoms with van der Waals surface area (Å²) < 4.78 is 0.693. The zero-order chi connectivity index (χ0) is 15.4. The Kier molecular flexibility index (Phi) is 5.12. The van der Waals surface area contributed by atoms with E-state index in [0.29, 0.717) is 29.7 Å². The van der Waals surface area contributed by atoms with E-state index in [-0.39, 0.29) is 12.3 Å². The van der Waals surface area contributed by atoms with Gasteiger partial charge in [-0.25, -0.2) is 0 Å². The number of Topliss-reactive ketones (excluding diaryl/α,β-unsaturated/α-hetero) is 1. The highest BCUT2D eigenvalue weighted by atomic mass is 79.9. The molecule has 5 nitrogen and oxygen atoms in total. The number of amides is 2. The van der Waals surface area contributed by atoms with Crippen LogP contribution >= 0.6 is 15.9 Å². The summed E-state index contributed by atoms with van der Waals surface area (Å²) in [6.45, 7) is 3.37. The van der Waals surface area contributed by atoms with Gasteiger partial charge in [-0.05, 0) is 12.5 Å². The Morgan fingerprint density at radius 1 is 1.14 bits per heavy atom. The Labute approximate surface area is 132 Å². The fourth-order valence-electron chi connectivity index (χ4n) is 2.30. The van der Waals surface area contributed by atoms with Gasteiger partial charge in [-0.15, -0.1) is 0 Å². The normalized spacial score (nSPS) is 15.5. The fourth-order valence-corrected chi connectivity index (χ4v) is 2.80. The molecule has 0 aliphatic carbocycles. The Bertz CT molecular complexity index is 574. The predicted octanol–water partition coefficient (Wildman–Crippen LogP) is 1.71. The summed E-state index contributed by atoms with van der Waals surface area (Å²) in [6, 6.07) is 7.06. The number of piperazine rings is 1. The molecule has 0 spiro atoms. The Hall–Kier alpha value is -1.69. The molecule has 2 amide bonds. The zero-order valence-corrected chi connectivity index (χ0v) is 13.4. The van der Waals surface area contributed by atoms with E-state index in [1.54, 1.807) is 23.1 Å². The second kappa shape index (κ2) is 6.85. The molecule has 0 bridgehead atoms. The van der Waals surface area contributed by atoms with Crippen LogP contribution in [0.1, 0.15) is 23.7 Å². The topological polar surface area (TPSA) is 57.7 Å². The molecule has 1 saturated heterocycles. The fraction of sp³-hybridized carbons (Fsp3) is 0.400. The summed E-state index contributed by atoms with van der Waals surface area (Å²) in [5.41, 5.74) is 0.522. The van der Waals surface area contributed by atoms with Gasteiger partial charge in [0.25, 0.3) is 0 Å². The van der Waals surface area contributed by atoms with E-state index >= 15 is 0 Å². The highest BCUT2D eigenvalue weighted by Crippen LogP contribution is 2.17. The first-order valence-corrected chi connectivity index (χ1v) is 7.69. The highest BCUT2D eigenvalue weighted by Gasteiger charge is 2.33. The minimum atomic E-state index is -0.588. The van der Waals surface area contributed by atoms with Crippen LogP contribution in [0.25, 0.3) is 0 Å². The van der Waals surface area contributed by atoms with Gasteiger partial charge >= 0.3 is 11.8 Å². The summed E-state index contributed by atoms with van der Waals surface area (Å²) in [5.74, 6) is -1.27. The van der Waals surface area contributed by atoms with Crippen molar-refractivity contribution in [2.45, 2.75) is 13.3 Å². The standard InChI is InChI=1S/C15H17BrN2O3/c1-2-7-17-8-9-18(15(21)14(17)20)10-13(19)11-5-3-4-6-12(11)16/h3-6H,2,7-10H2,1H3.